The molecule has 7 heterocycles. The second-order valence-corrected chi connectivity index (χ2v) is 11.3. The highest BCUT2D eigenvalue weighted by molar-refractivity contribution is 7.22. The maximum atomic E-state index is 5.64. The van der Waals surface area contributed by atoms with Crippen LogP contribution in [0.15, 0.2) is 24.4 Å². The molecule has 3 aromatic rings. The summed E-state index contributed by atoms with van der Waals surface area (Å²) in [6.45, 7) is 6.58. The van der Waals surface area contributed by atoms with Crippen molar-refractivity contribution in [3.63, 3.8) is 0 Å². The molecular formula is C26H32N6O2S. The van der Waals surface area contributed by atoms with Crippen molar-refractivity contribution >= 4 is 38.3 Å². The van der Waals surface area contributed by atoms with Gasteiger partial charge in [-0.15, -0.1) is 0 Å². The fourth-order valence-electron chi connectivity index (χ4n) is 6.02. The van der Waals surface area contributed by atoms with Gasteiger partial charge in [-0.2, -0.15) is 0 Å². The van der Waals surface area contributed by atoms with Gasteiger partial charge in [-0.05, 0) is 62.7 Å². The SMILES string of the molecule is c1cc(C2CCOCC2)c(CN2CCCC2)nc1Nc1cc2nc(N3C4COCC3C4)sc2cn1. The van der Waals surface area contributed by atoms with Gasteiger partial charge >= 0.3 is 0 Å². The van der Waals surface area contributed by atoms with Crippen molar-refractivity contribution in [2.45, 2.75) is 56.7 Å². The topological polar surface area (TPSA) is 75.6 Å². The Morgan fingerprint density at radius 1 is 1.00 bits per heavy atom. The molecule has 0 amide bonds. The van der Waals surface area contributed by atoms with Gasteiger partial charge in [0.05, 0.1) is 41.2 Å². The van der Waals surface area contributed by atoms with E-state index >= 15 is 0 Å². The largest absolute Gasteiger partial charge is 0.381 e. The third-order valence-corrected chi connectivity index (χ3v) is 8.95. The molecule has 35 heavy (non-hydrogen) atoms. The number of thiazole rings is 1. The molecule has 4 fully saturated rings. The van der Waals surface area contributed by atoms with Crippen molar-refractivity contribution in [3.8, 4) is 0 Å². The van der Waals surface area contributed by atoms with Gasteiger partial charge in [0, 0.05) is 32.0 Å². The van der Waals surface area contributed by atoms with Crippen LogP contribution in [0.1, 0.15) is 49.3 Å². The predicted molar refractivity (Wildman–Crippen MR) is 138 cm³/mol. The van der Waals surface area contributed by atoms with Crippen LogP contribution in [-0.2, 0) is 16.0 Å². The summed E-state index contributed by atoms with van der Waals surface area (Å²) >= 11 is 1.73. The average Bonchev–Trinajstić information content (AvgIpc) is 3.54. The van der Waals surface area contributed by atoms with Crippen LogP contribution in [0.2, 0.25) is 0 Å². The van der Waals surface area contributed by atoms with E-state index in [2.05, 4.69) is 38.3 Å². The number of morpholine rings is 1. The van der Waals surface area contributed by atoms with Crippen LogP contribution in [0.25, 0.3) is 10.2 Å². The highest BCUT2D eigenvalue weighted by atomic mass is 32.1. The first-order chi connectivity index (χ1) is 17.3. The number of hydrogen-bond acceptors (Lipinski definition) is 9. The molecular weight excluding hydrogens is 460 g/mol. The molecule has 0 radical (unpaired) electrons. The third-order valence-electron chi connectivity index (χ3n) is 7.94. The monoisotopic (exact) mass is 492 g/mol. The number of fused-ring (bicyclic) bond motifs is 3. The molecule has 9 heteroatoms. The first-order valence-electron chi connectivity index (χ1n) is 13.0. The highest BCUT2D eigenvalue weighted by Gasteiger charge is 2.43. The third kappa shape index (κ3) is 4.28. The van der Waals surface area contributed by atoms with Gasteiger partial charge in [-0.1, -0.05) is 17.4 Å². The van der Waals surface area contributed by atoms with E-state index in [9.17, 15) is 0 Å². The Morgan fingerprint density at radius 2 is 1.83 bits per heavy atom. The molecule has 8 nitrogen and oxygen atoms in total. The second kappa shape index (κ2) is 9.28. The first kappa shape index (κ1) is 21.9. The van der Waals surface area contributed by atoms with Crippen molar-refractivity contribution in [1.82, 2.24) is 19.9 Å². The lowest BCUT2D eigenvalue weighted by Gasteiger charge is -2.52. The zero-order valence-electron chi connectivity index (χ0n) is 20.0. The molecule has 7 rings (SSSR count). The number of rotatable bonds is 6. The molecule has 0 spiro atoms. The molecule has 4 aliphatic heterocycles. The minimum Gasteiger partial charge on any atom is -0.381 e. The van der Waals surface area contributed by atoms with Crippen molar-refractivity contribution in [1.29, 1.82) is 0 Å². The van der Waals surface area contributed by atoms with Crippen LogP contribution in [0, 0.1) is 0 Å². The minimum absolute atomic E-state index is 0.479. The summed E-state index contributed by atoms with van der Waals surface area (Å²) < 4.78 is 12.4. The van der Waals surface area contributed by atoms with E-state index in [-0.39, 0.29) is 0 Å². The fraction of sp³-hybridized carbons (Fsp3) is 0.577. The van der Waals surface area contributed by atoms with E-state index in [0.29, 0.717) is 18.0 Å². The van der Waals surface area contributed by atoms with Crippen molar-refractivity contribution < 1.29 is 9.47 Å². The molecule has 4 aliphatic rings. The lowest BCUT2D eigenvalue weighted by atomic mass is 9.90. The van der Waals surface area contributed by atoms with E-state index in [1.54, 1.807) is 11.3 Å². The summed E-state index contributed by atoms with van der Waals surface area (Å²) in [5.41, 5.74) is 3.58. The molecule has 0 aromatic carbocycles. The van der Waals surface area contributed by atoms with E-state index in [0.717, 1.165) is 72.8 Å². The van der Waals surface area contributed by atoms with E-state index < -0.39 is 0 Å². The lowest BCUT2D eigenvalue weighted by Crippen LogP contribution is -2.64. The van der Waals surface area contributed by atoms with Gasteiger partial charge in [-0.3, -0.25) is 4.90 Å². The first-order valence-corrected chi connectivity index (χ1v) is 13.8. The molecule has 2 bridgehead atoms. The number of nitrogens with zero attached hydrogens (tertiary/aromatic N) is 5. The Balaban J connectivity index is 1.13. The summed E-state index contributed by atoms with van der Waals surface area (Å²) in [4.78, 5) is 19.7. The van der Waals surface area contributed by atoms with E-state index in [1.165, 1.54) is 43.6 Å². The number of hydrogen-bond donors (Lipinski definition) is 1. The summed E-state index contributed by atoms with van der Waals surface area (Å²) in [5, 5.41) is 4.56. The molecule has 0 aliphatic carbocycles. The standard InChI is InChI=1S/C26H32N6O2S/c1-2-8-31(7-1)14-22-20(17-5-9-33-10-6-17)3-4-24(28-22)30-25-12-21-23(13-27-25)35-26(29-21)32-18-11-19(32)16-34-15-18/h3-4,12-13,17-19H,1-2,5-11,14-16H2,(H,27,28,30). The van der Waals surface area contributed by atoms with Crippen LogP contribution in [0.3, 0.4) is 0 Å². The summed E-state index contributed by atoms with van der Waals surface area (Å²) in [5.74, 6) is 2.18. The summed E-state index contributed by atoms with van der Waals surface area (Å²) in [7, 11) is 0. The molecule has 2 atom stereocenters. The van der Waals surface area contributed by atoms with Crippen molar-refractivity contribution in [3.05, 3.63) is 35.7 Å². The van der Waals surface area contributed by atoms with Crippen LogP contribution < -0.4 is 10.2 Å². The number of pyridine rings is 2. The number of likely N-dealkylation sites (tertiary alicyclic amines) is 1. The minimum atomic E-state index is 0.479. The Bertz CT molecular complexity index is 1190. The number of ether oxygens (including phenoxy) is 2. The number of aromatic nitrogens is 3. The van der Waals surface area contributed by atoms with Crippen LogP contribution in [0.4, 0.5) is 16.8 Å². The molecule has 3 aromatic heterocycles. The molecule has 1 N–H and O–H groups in total. The van der Waals surface area contributed by atoms with Gasteiger partial charge in [0.1, 0.15) is 11.6 Å². The molecule has 4 saturated heterocycles. The van der Waals surface area contributed by atoms with Gasteiger partial charge < -0.3 is 19.7 Å². The summed E-state index contributed by atoms with van der Waals surface area (Å²) in [6, 6.07) is 7.40. The Labute approximate surface area is 209 Å². The summed E-state index contributed by atoms with van der Waals surface area (Å²) in [6.07, 6.45) is 7.89. The highest BCUT2D eigenvalue weighted by Crippen LogP contribution is 2.40. The normalized spacial score (nSPS) is 25.2. The Morgan fingerprint density at radius 3 is 2.63 bits per heavy atom. The molecule has 0 saturated carbocycles. The van der Waals surface area contributed by atoms with Crippen molar-refractivity contribution in [2.24, 2.45) is 0 Å². The Kier molecular flexibility index (Phi) is 5.81. The van der Waals surface area contributed by atoms with Gasteiger partial charge in [0.25, 0.3) is 0 Å². The number of anilines is 3. The molecule has 2 unspecified atom stereocenters. The van der Waals surface area contributed by atoms with Gasteiger partial charge in [0.2, 0.25) is 0 Å². The van der Waals surface area contributed by atoms with Crippen LogP contribution in [-0.4, -0.2) is 71.5 Å². The maximum absolute atomic E-state index is 5.64. The van der Waals surface area contributed by atoms with Crippen LogP contribution >= 0.6 is 11.3 Å². The average molecular weight is 493 g/mol. The fourth-order valence-corrected chi connectivity index (χ4v) is 7.08. The van der Waals surface area contributed by atoms with Crippen molar-refractivity contribution in [2.75, 3.05) is 49.7 Å². The smallest absolute Gasteiger partial charge is 0.187 e. The number of nitrogens with one attached hydrogen (secondary N) is 1. The Hall–Kier alpha value is -2.33. The maximum Gasteiger partial charge on any atom is 0.187 e. The van der Waals surface area contributed by atoms with Gasteiger partial charge in [-0.25, -0.2) is 15.0 Å². The second-order valence-electron chi connectivity index (χ2n) is 10.2. The zero-order valence-corrected chi connectivity index (χ0v) is 20.8. The zero-order chi connectivity index (χ0) is 23.2. The molecule has 184 valence electrons. The van der Waals surface area contributed by atoms with E-state index in [1.807, 2.05) is 6.20 Å². The predicted octanol–water partition coefficient (Wildman–Crippen LogP) is 4.30. The quantitative estimate of drug-likeness (QED) is 0.546. The van der Waals surface area contributed by atoms with E-state index in [4.69, 9.17) is 19.4 Å². The van der Waals surface area contributed by atoms with Gasteiger partial charge in [0.15, 0.2) is 5.13 Å². The van der Waals surface area contributed by atoms with Crippen LogP contribution in [0.5, 0.6) is 0 Å². The lowest BCUT2D eigenvalue weighted by molar-refractivity contribution is 0.0103.